The number of benzene rings is 2. The molecule has 0 unspecified atom stereocenters. The van der Waals surface area contributed by atoms with Gasteiger partial charge in [-0.15, -0.1) is 12.4 Å². The summed E-state index contributed by atoms with van der Waals surface area (Å²) in [5.41, 5.74) is 6.61. The van der Waals surface area contributed by atoms with Crippen molar-refractivity contribution in [2.45, 2.75) is 12.3 Å². The Morgan fingerprint density at radius 1 is 1.00 bits per heavy atom. The summed E-state index contributed by atoms with van der Waals surface area (Å²) in [6.07, 6.45) is 1.03. The fourth-order valence-corrected chi connectivity index (χ4v) is 3.26. The van der Waals surface area contributed by atoms with Crippen molar-refractivity contribution in [2.75, 3.05) is 32.8 Å². The van der Waals surface area contributed by atoms with Crippen LogP contribution in [0.5, 0.6) is 11.5 Å². The Kier molecular flexibility index (Phi) is 8.16. The van der Waals surface area contributed by atoms with Crippen LogP contribution >= 0.6 is 12.4 Å². The maximum absolute atomic E-state index is 13.2. The molecule has 1 fully saturated rings. The normalized spacial score (nSPS) is 19.5. The van der Waals surface area contributed by atoms with Crippen LogP contribution in [0, 0.1) is 11.7 Å². The fourth-order valence-electron chi connectivity index (χ4n) is 3.26. The van der Waals surface area contributed by atoms with E-state index in [0.717, 1.165) is 31.0 Å². The van der Waals surface area contributed by atoms with Gasteiger partial charge in [0.1, 0.15) is 23.9 Å². The van der Waals surface area contributed by atoms with E-state index in [0.29, 0.717) is 31.6 Å². The first-order valence-electron chi connectivity index (χ1n) is 8.78. The largest absolute Gasteiger partial charge is 0.493 e. The number of ether oxygens (including phenoxy) is 2. The number of rotatable bonds is 7. The molecule has 3 rings (SSSR count). The van der Waals surface area contributed by atoms with Crippen molar-refractivity contribution < 1.29 is 13.9 Å². The van der Waals surface area contributed by atoms with Crippen LogP contribution in [0.15, 0.2) is 48.5 Å². The van der Waals surface area contributed by atoms with E-state index < -0.39 is 0 Å². The summed E-state index contributed by atoms with van der Waals surface area (Å²) in [7, 11) is 0. The second kappa shape index (κ2) is 10.4. The Hall–Kier alpha value is -1.82. The van der Waals surface area contributed by atoms with Crippen molar-refractivity contribution >= 4 is 12.4 Å². The van der Waals surface area contributed by atoms with Gasteiger partial charge in [-0.3, -0.25) is 0 Å². The molecule has 2 aromatic carbocycles. The van der Waals surface area contributed by atoms with Crippen molar-refractivity contribution in [1.82, 2.24) is 5.32 Å². The quantitative estimate of drug-likeness (QED) is 0.773. The summed E-state index contributed by atoms with van der Waals surface area (Å²) >= 11 is 0. The Bertz CT molecular complexity index is 652. The second-order valence-corrected chi connectivity index (χ2v) is 6.33. The minimum absolute atomic E-state index is 0. The van der Waals surface area contributed by atoms with E-state index in [9.17, 15) is 4.39 Å². The van der Waals surface area contributed by atoms with Crippen LogP contribution in [0.2, 0.25) is 0 Å². The molecule has 0 aliphatic carbocycles. The van der Waals surface area contributed by atoms with E-state index in [2.05, 4.69) is 5.32 Å². The molecule has 0 aromatic heterocycles. The van der Waals surface area contributed by atoms with Crippen LogP contribution in [-0.2, 0) is 0 Å². The standard InChI is InChI=1S/C20H25FN2O2.ClH/c21-17-3-1-15(2-4-17)20-9-11-23-13-16(20)14-25-19-7-5-18(6-8-19)24-12-10-22;/h1-8,16,20,23H,9-14,22H2;1H/t16-,20-;/m0./s1. The fraction of sp³-hybridized carbons (Fsp3) is 0.400. The molecular formula is C20H26ClFN2O2. The monoisotopic (exact) mass is 380 g/mol. The molecule has 3 N–H and O–H groups in total. The molecule has 2 atom stereocenters. The van der Waals surface area contributed by atoms with E-state index in [4.69, 9.17) is 15.2 Å². The topological polar surface area (TPSA) is 56.5 Å². The molecule has 0 radical (unpaired) electrons. The number of nitrogens with one attached hydrogen (secondary N) is 1. The lowest BCUT2D eigenvalue weighted by Crippen LogP contribution is -2.38. The summed E-state index contributed by atoms with van der Waals surface area (Å²) in [4.78, 5) is 0. The molecule has 1 saturated heterocycles. The molecule has 1 aliphatic heterocycles. The van der Waals surface area contributed by atoms with Crippen LogP contribution in [-0.4, -0.2) is 32.8 Å². The smallest absolute Gasteiger partial charge is 0.123 e. The summed E-state index contributed by atoms with van der Waals surface area (Å²) in [6.45, 7) is 3.51. The second-order valence-electron chi connectivity index (χ2n) is 6.33. The average Bonchev–Trinajstić information content (AvgIpc) is 2.66. The van der Waals surface area contributed by atoms with Gasteiger partial charge in [0.2, 0.25) is 0 Å². The van der Waals surface area contributed by atoms with E-state index in [1.54, 1.807) is 0 Å². The number of halogens is 2. The zero-order valence-corrected chi connectivity index (χ0v) is 15.5. The number of nitrogens with two attached hydrogens (primary N) is 1. The van der Waals surface area contributed by atoms with Crippen molar-refractivity contribution in [3.8, 4) is 11.5 Å². The zero-order valence-electron chi connectivity index (χ0n) is 14.7. The van der Waals surface area contributed by atoms with Crippen molar-refractivity contribution in [3.05, 3.63) is 59.9 Å². The van der Waals surface area contributed by atoms with E-state index in [1.165, 1.54) is 17.7 Å². The van der Waals surface area contributed by atoms with Crippen LogP contribution < -0.4 is 20.5 Å². The van der Waals surface area contributed by atoms with Gasteiger partial charge >= 0.3 is 0 Å². The molecule has 0 saturated carbocycles. The molecule has 2 aromatic rings. The highest BCUT2D eigenvalue weighted by Crippen LogP contribution is 2.31. The van der Waals surface area contributed by atoms with Gasteiger partial charge in [0.15, 0.2) is 0 Å². The first-order valence-corrected chi connectivity index (χ1v) is 8.78. The molecule has 6 heteroatoms. The summed E-state index contributed by atoms with van der Waals surface area (Å²) in [5.74, 6) is 2.16. The Labute approximate surface area is 160 Å². The highest BCUT2D eigenvalue weighted by molar-refractivity contribution is 5.85. The maximum atomic E-state index is 13.2. The van der Waals surface area contributed by atoms with E-state index in [-0.39, 0.29) is 18.2 Å². The lowest BCUT2D eigenvalue weighted by molar-refractivity contribution is 0.196. The van der Waals surface area contributed by atoms with E-state index in [1.807, 2.05) is 36.4 Å². The summed E-state index contributed by atoms with van der Waals surface area (Å²) < 4.78 is 24.6. The van der Waals surface area contributed by atoms with Crippen LogP contribution in [0.1, 0.15) is 17.9 Å². The molecule has 0 spiro atoms. The van der Waals surface area contributed by atoms with Gasteiger partial charge in [-0.25, -0.2) is 4.39 Å². The molecule has 4 nitrogen and oxygen atoms in total. The lowest BCUT2D eigenvalue weighted by Gasteiger charge is -2.32. The van der Waals surface area contributed by atoms with Crippen LogP contribution in [0.3, 0.4) is 0 Å². The Morgan fingerprint density at radius 2 is 1.65 bits per heavy atom. The van der Waals surface area contributed by atoms with Crippen LogP contribution in [0.25, 0.3) is 0 Å². The minimum Gasteiger partial charge on any atom is -0.493 e. The van der Waals surface area contributed by atoms with Gasteiger partial charge in [-0.05, 0) is 60.8 Å². The molecule has 0 bridgehead atoms. The van der Waals surface area contributed by atoms with Crippen molar-refractivity contribution in [1.29, 1.82) is 0 Å². The first-order chi connectivity index (χ1) is 12.3. The molecular weight excluding hydrogens is 355 g/mol. The average molecular weight is 381 g/mol. The van der Waals surface area contributed by atoms with Gasteiger partial charge in [0.05, 0.1) is 6.61 Å². The predicted octanol–water partition coefficient (Wildman–Crippen LogP) is 3.36. The molecule has 26 heavy (non-hydrogen) atoms. The Morgan fingerprint density at radius 3 is 2.31 bits per heavy atom. The Balaban J connectivity index is 0.00000243. The maximum Gasteiger partial charge on any atom is 0.123 e. The first kappa shape index (κ1) is 20.5. The van der Waals surface area contributed by atoms with Crippen LogP contribution in [0.4, 0.5) is 4.39 Å². The molecule has 0 amide bonds. The number of hydrogen-bond acceptors (Lipinski definition) is 4. The predicted molar refractivity (Wildman–Crippen MR) is 104 cm³/mol. The zero-order chi connectivity index (χ0) is 17.5. The SMILES string of the molecule is Cl.NCCOc1ccc(OC[C@@H]2CNCC[C@H]2c2ccc(F)cc2)cc1. The van der Waals surface area contributed by atoms with Gasteiger partial charge in [0, 0.05) is 19.0 Å². The van der Waals surface area contributed by atoms with E-state index >= 15 is 0 Å². The molecule has 1 aliphatic rings. The van der Waals surface area contributed by atoms with Gasteiger partial charge in [0.25, 0.3) is 0 Å². The number of hydrogen-bond donors (Lipinski definition) is 2. The van der Waals surface area contributed by atoms with Crippen molar-refractivity contribution in [3.63, 3.8) is 0 Å². The summed E-state index contributed by atoms with van der Waals surface area (Å²) in [6, 6.07) is 14.5. The number of piperidine rings is 1. The van der Waals surface area contributed by atoms with Gasteiger partial charge in [-0.1, -0.05) is 12.1 Å². The van der Waals surface area contributed by atoms with Crippen molar-refractivity contribution in [2.24, 2.45) is 11.7 Å². The highest BCUT2D eigenvalue weighted by atomic mass is 35.5. The third-order valence-electron chi connectivity index (χ3n) is 4.58. The molecule has 1 heterocycles. The summed E-state index contributed by atoms with van der Waals surface area (Å²) in [5, 5.41) is 3.43. The molecule has 142 valence electrons. The highest BCUT2D eigenvalue weighted by Gasteiger charge is 2.27. The van der Waals surface area contributed by atoms with Gasteiger partial charge in [-0.2, -0.15) is 0 Å². The third kappa shape index (κ3) is 5.59. The third-order valence-corrected chi connectivity index (χ3v) is 4.58. The van der Waals surface area contributed by atoms with Gasteiger partial charge < -0.3 is 20.5 Å². The lowest BCUT2D eigenvalue weighted by atomic mass is 9.81. The minimum atomic E-state index is -0.192.